The molecule has 1 aliphatic rings. The van der Waals surface area contributed by atoms with Crippen LogP contribution in [0.4, 0.5) is 0 Å². The second-order valence-electron chi connectivity index (χ2n) is 5.90. The average Bonchev–Trinajstić information content (AvgIpc) is 2.54. The lowest BCUT2D eigenvalue weighted by molar-refractivity contribution is -0.299. The number of aliphatic hydroxyl groups is 1. The Hall–Kier alpha value is -1.47. The standard InChI is InChI=1S/C18H26O6/c1-4-10-21-15-12(2)23-18(20)17(16(15)24-13(3)19)22-11-14-8-6-5-7-9-14/h5-9,12,15-18,20H,4,10-11H2,1-3H3/t12-,15+,16+,17-,18-/m0/s1. The molecule has 0 unspecified atom stereocenters. The first-order valence-corrected chi connectivity index (χ1v) is 8.30. The van der Waals surface area contributed by atoms with Crippen molar-refractivity contribution in [3.8, 4) is 0 Å². The molecular formula is C18H26O6. The van der Waals surface area contributed by atoms with E-state index in [1.165, 1.54) is 6.92 Å². The number of hydrogen-bond donors (Lipinski definition) is 1. The van der Waals surface area contributed by atoms with Gasteiger partial charge in [-0.1, -0.05) is 37.3 Å². The lowest BCUT2D eigenvalue weighted by Gasteiger charge is -2.42. The number of benzene rings is 1. The van der Waals surface area contributed by atoms with Crippen molar-refractivity contribution in [1.82, 2.24) is 0 Å². The molecule has 1 N–H and O–H groups in total. The van der Waals surface area contributed by atoms with Gasteiger partial charge in [-0.25, -0.2) is 0 Å². The van der Waals surface area contributed by atoms with E-state index in [1.54, 1.807) is 6.92 Å². The summed E-state index contributed by atoms with van der Waals surface area (Å²) in [5.41, 5.74) is 0.955. The molecule has 134 valence electrons. The SMILES string of the molecule is CCCO[C@H]1[C@@H](OC(C)=O)[C@H](OCc2ccccc2)[C@@H](O)O[C@H]1C. The molecule has 6 nitrogen and oxygen atoms in total. The van der Waals surface area contributed by atoms with Crippen molar-refractivity contribution in [3.05, 3.63) is 35.9 Å². The van der Waals surface area contributed by atoms with Crippen LogP contribution in [0.1, 0.15) is 32.8 Å². The third-order valence-electron chi connectivity index (χ3n) is 3.85. The second-order valence-corrected chi connectivity index (χ2v) is 5.90. The maximum atomic E-state index is 11.5. The zero-order chi connectivity index (χ0) is 17.5. The highest BCUT2D eigenvalue weighted by molar-refractivity contribution is 5.66. The lowest BCUT2D eigenvalue weighted by atomic mass is 9.99. The minimum absolute atomic E-state index is 0.276. The van der Waals surface area contributed by atoms with E-state index in [0.717, 1.165) is 12.0 Å². The van der Waals surface area contributed by atoms with Gasteiger partial charge in [0.05, 0.1) is 12.7 Å². The smallest absolute Gasteiger partial charge is 0.303 e. The zero-order valence-corrected chi connectivity index (χ0v) is 14.4. The molecule has 1 heterocycles. The quantitative estimate of drug-likeness (QED) is 0.767. The van der Waals surface area contributed by atoms with Crippen LogP contribution in [-0.2, 0) is 30.3 Å². The normalized spacial score (nSPS) is 30.1. The van der Waals surface area contributed by atoms with Crippen LogP contribution >= 0.6 is 0 Å². The lowest BCUT2D eigenvalue weighted by Crippen LogP contribution is -2.59. The average molecular weight is 338 g/mol. The monoisotopic (exact) mass is 338 g/mol. The van der Waals surface area contributed by atoms with Crippen molar-refractivity contribution >= 4 is 5.97 Å². The molecule has 5 atom stereocenters. The summed E-state index contributed by atoms with van der Waals surface area (Å²) in [6.45, 7) is 5.90. The van der Waals surface area contributed by atoms with Gasteiger partial charge in [-0.2, -0.15) is 0 Å². The molecule has 0 aliphatic carbocycles. The Bertz CT molecular complexity index is 505. The molecular weight excluding hydrogens is 312 g/mol. The summed E-state index contributed by atoms with van der Waals surface area (Å²) in [6.07, 6.45) is -2.79. The largest absolute Gasteiger partial charge is 0.457 e. The topological polar surface area (TPSA) is 74.2 Å². The van der Waals surface area contributed by atoms with E-state index in [4.69, 9.17) is 18.9 Å². The van der Waals surface area contributed by atoms with Crippen molar-refractivity contribution in [2.75, 3.05) is 6.61 Å². The number of carbonyl (C=O) groups excluding carboxylic acids is 1. The summed E-state index contributed by atoms with van der Waals surface area (Å²) in [6, 6.07) is 9.58. The highest BCUT2D eigenvalue weighted by atomic mass is 16.7. The Morgan fingerprint density at radius 3 is 2.50 bits per heavy atom. The molecule has 1 saturated heterocycles. The van der Waals surface area contributed by atoms with Crippen molar-refractivity contribution in [1.29, 1.82) is 0 Å². The third kappa shape index (κ3) is 5.01. The minimum atomic E-state index is -1.19. The van der Waals surface area contributed by atoms with E-state index < -0.39 is 36.7 Å². The number of ether oxygens (including phenoxy) is 4. The van der Waals surface area contributed by atoms with Crippen LogP contribution in [0.15, 0.2) is 30.3 Å². The van der Waals surface area contributed by atoms with Gasteiger partial charge in [0.15, 0.2) is 12.4 Å². The van der Waals surface area contributed by atoms with Gasteiger partial charge in [0.1, 0.15) is 12.2 Å². The van der Waals surface area contributed by atoms with E-state index in [-0.39, 0.29) is 6.61 Å². The maximum absolute atomic E-state index is 11.5. The Morgan fingerprint density at radius 2 is 1.88 bits per heavy atom. The molecule has 0 radical (unpaired) electrons. The van der Waals surface area contributed by atoms with E-state index in [1.807, 2.05) is 37.3 Å². The number of rotatable bonds is 7. The van der Waals surface area contributed by atoms with Gasteiger partial charge in [-0.15, -0.1) is 0 Å². The van der Waals surface area contributed by atoms with Crippen molar-refractivity contribution < 1.29 is 28.8 Å². The second kappa shape index (κ2) is 9.13. The molecule has 6 heteroatoms. The molecule has 1 aromatic rings. The maximum Gasteiger partial charge on any atom is 0.303 e. The predicted molar refractivity (Wildman–Crippen MR) is 87.2 cm³/mol. The summed E-state index contributed by atoms with van der Waals surface area (Å²) >= 11 is 0. The summed E-state index contributed by atoms with van der Waals surface area (Å²) in [5.74, 6) is -0.445. The molecule has 24 heavy (non-hydrogen) atoms. The molecule has 1 fully saturated rings. The van der Waals surface area contributed by atoms with Crippen molar-refractivity contribution in [2.45, 2.75) is 64.5 Å². The summed E-state index contributed by atoms with van der Waals surface area (Å²) in [7, 11) is 0. The highest BCUT2D eigenvalue weighted by Crippen LogP contribution is 2.28. The van der Waals surface area contributed by atoms with Crippen LogP contribution in [0.25, 0.3) is 0 Å². The first-order chi connectivity index (χ1) is 11.5. The molecule has 0 amide bonds. The Kier molecular flexibility index (Phi) is 7.17. The molecule has 1 aliphatic heterocycles. The first-order valence-electron chi connectivity index (χ1n) is 8.30. The molecule has 1 aromatic carbocycles. The first kappa shape index (κ1) is 18.9. The van der Waals surface area contributed by atoms with Crippen molar-refractivity contribution in [3.63, 3.8) is 0 Å². The van der Waals surface area contributed by atoms with Crippen LogP contribution in [0.3, 0.4) is 0 Å². The zero-order valence-electron chi connectivity index (χ0n) is 14.4. The van der Waals surface area contributed by atoms with Crippen LogP contribution in [-0.4, -0.2) is 48.4 Å². The number of aliphatic hydroxyl groups excluding tert-OH is 1. The van der Waals surface area contributed by atoms with Crippen LogP contribution < -0.4 is 0 Å². The number of hydrogen-bond acceptors (Lipinski definition) is 6. The summed E-state index contributed by atoms with van der Waals surface area (Å²) in [5, 5.41) is 10.2. The number of esters is 1. The van der Waals surface area contributed by atoms with E-state index >= 15 is 0 Å². The van der Waals surface area contributed by atoms with E-state index in [0.29, 0.717) is 6.61 Å². The van der Waals surface area contributed by atoms with Gasteiger partial charge in [-0.05, 0) is 18.9 Å². The van der Waals surface area contributed by atoms with Gasteiger partial charge in [0.2, 0.25) is 0 Å². The van der Waals surface area contributed by atoms with Gasteiger partial charge >= 0.3 is 5.97 Å². The van der Waals surface area contributed by atoms with Gasteiger partial charge < -0.3 is 24.1 Å². The molecule has 0 bridgehead atoms. The van der Waals surface area contributed by atoms with E-state index in [2.05, 4.69) is 0 Å². The Balaban J connectivity index is 2.12. The van der Waals surface area contributed by atoms with Gasteiger partial charge in [0, 0.05) is 13.5 Å². The van der Waals surface area contributed by atoms with Crippen LogP contribution in [0, 0.1) is 0 Å². The minimum Gasteiger partial charge on any atom is -0.457 e. The highest BCUT2D eigenvalue weighted by Gasteiger charge is 2.47. The fourth-order valence-electron chi connectivity index (χ4n) is 2.75. The van der Waals surface area contributed by atoms with Crippen molar-refractivity contribution in [2.24, 2.45) is 0 Å². The fourth-order valence-corrected chi connectivity index (χ4v) is 2.75. The Morgan fingerprint density at radius 1 is 1.17 bits per heavy atom. The summed E-state index contributed by atoms with van der Waals surface area (Å²) in [4.78, 5) is 11.5. The summed E-state index contributed by atoms with van der Waals surface area (Å²) < 4.78 is 22.6. The van der Waals surface area contributed by atoms with Gasteiger partial charge in [0.25, 0.3) is 0 Å². The van der Waals surface area contributed by atoms with Crippen LogP contribution in [0.2, 0.25) is 0 Å². The molecule has 0 saturated carbocycles. The molecule has 2 rings (SSSR count). The third-order valence-corrected chi connectivity index (χ3v) is 3.85. The molecule has 0 aromatic heterocycles. The fraction of sp³-hybridized carbons (Fsp3) is 0.611. The predicted octanol–water partition coefficient (Wildman–Crippen LogP) is 2.04. The Labute approximate surface area is 142 Å². The van der Waals surface area contributed by atoms with Gasteiger partial charge in [-0.3, -0.25) is 4.79 Å². The van der Waals surface area contributed by atoms with Crippen LogP contribution in [0.5, 0.6) is 0 Å². The number of carbonyl (C=O) groups is 1. The molecule has 0 spiro atoms. The van der Waals surface area contributed by atoms with E-state index in [9.17, 15) is 9.90 Å².